The first kappa shape index (κ1) is 14.2. The number of aromatic hydroxyl groups is 1. The summed E-state index contributed by atoms with van der Waals surface area (Å²) in [5, 5.41) is 12.8. The molecule has 0 amide bonds. The molecule has 0 heterocycles. The molecule has 0 unspecified atom stereocenters. The van der Waals surface area contributed by atoms with Crippen molar-refractivity contribution < 1.29 is 18.3 Å². The number of benzene rings is 2. The van der Waals surface area contributed by atoms with Gasteiger partial charge in [0, 0.05) is 17.8 Å². The van der Waals surface area contributed by atoms with E-state index >= 15 is 0 Å². The van der Waals surface area contributed by atoms with Crippen LogP contribution < -0.4 is 5.32 Å². The molecule has 2 aromatic rings. The van der Waals surface area contributed by atoms with Gasteiger partial charge in [0.2, 0.25) is 0 Å². The molecule has 0 aromatic heterocycles. The number of rotatable bonds is 3. The molecule has 2 rings (SSSR count). The lowest BCUT2D eigenvalue weighted by Gasteiger charge is -2.12. The molecule has 0 atom stereocenters. The van der Waals surface area contributed by atoms with Crippen LogP contribution in [-0.4, -0.2) is 5.11 Å². The summed E-state index contributed by atoms with van der Waals surface area (Å²) in [6.07, 6.45) is 0. The summed E-state index contributed by atoms with van der Waals surface area (Å²) < 4.78 is 39.0. The lowest BCUT2D eigenvalue weighted by atomic mass is 10.1. The molecule has 0 radical (unpaired) electrons. The van der Waals surface area contributed by atoms with E-state index < -0.39 is 17.5 Å². The molecule has 2 aromatic carbocycles. The molecule has 0 aliphatic heterocycles. The Morgan fingerprint density at radius 1 is 1.05 bits per heavy atom. The number of aryl methyl sites for hydroxylation is 1. The first-order valence-corrected chi connectivity index (χ1v) is 6.06. The van der Waals surface area contributed by atoms with Gasteiger partial charge in [-0.15, -0.1) is 0 Å². The number of hydrogen-bond acceptors (Lipinski definition) is 2. The maximum atomic E-state index is 13.1. The van der Waals surface area contributed by atoms with Crippen molar-refractivity contribution in [2.45, 2.75) is 20.4 Å². The maximum Gasteiger partial charge on any atom is 0.194 e. The highest BCUT2D eigenvalue weighted by atomic mass is 19.2. The summed E-state index contributed by atoms with van der Waals surface area (Å²) in [6.45, 7) is 3.63. The summed E-state index contributed by atoms with van der Waals surface area (Å²) >= 11 is 0. The van der Waals surface area contributed by atoms with Gasteiger partial charge in [-0.2, -0.15) is 0 Å². The molecule has 20 heavy (non-hydrogen) atoms. The van der Waals surface area contributed by atoms with Gasteiger partial charge in [-0.05, 0) is 43.2 Å². The van der Waals surface area contributed by atoms with Crippen LogP contribution in [0.2, 0.25) is 0 Å². The van der Waals surface area contributed by atoms with Crippen LogP contribution in [0.4, 0.5) is 18.9 Å². The van der Waals surface area contributed by atoms with Crippen LogP contribution >= 0.6 is 0 Å². The lowest BCUT2D eigenvalue weighted by Crippen LogP contribution is -2.03. The van der Waals surface area contributed by atoms with Crippen LogP contribution in [0.15, 0.2) is 24.3 Å². The number of phenols is 1. The van der Waals surface area contributed by atoms with Crippen molar-refractivity contribution in [1.29, 1.82) is 0 Å². The van der Waals surface area contributed by atoms with Crippen molar-refractivity contribution in [2.75, 3.05) is 5.32 Å². The average molecular weight is 281 g/mol. The molecule has 2 N–H and O–H groups in total. The topological polar surface area (TPSA) is 32.3 Å². The highest BCUT2D eigenvalue weighted by Crippen LogP contribution is 2.28. The zero-order valence-electron chi connectivity index (χ0n) is 11.1. The van der Waals surface area contributed by atoms with Gasteiger partial charge in [-0.1, -0.05) is 6.07 Å². The van der Waals surface area contributed by atoms with E-state index in [1.165, 1.54) is 0 Å². The second kappa shape index (κ2) is 5.45. The zero-order chi connectivity index (χ0) is 14.9. The van der Waals surface area contributed by atoms with Crippen molar-refractivity contribution in [2.24, 2.45) is 0 Å². The normalized spacial score (nSPS) is 10.7. The maximum absolute atomic E-state index is 13.1. The van der Waals surface area contributed by atoms with Crippen LogP contribution in [0.1, 0.15) is 16.7 Å². The van der Waals surface area contributed by atoms with E-state index in [9.17, 15) is 18.3 Å². The van der Waals surface area contributed by atoms with Crippen LogP contribution in [0.5, 0.6) is 5.75 Å². The van der Waals surface area contributed by atoms with Gasteiger partial charge in [-0.25, -0.2) is 13.2 Å². The predicted octanol–water partition coefficient (Wildman–Crippen LogP) is 4.04. The fourth-order valence-corrected chi connectivity index (χ4v) is 1.93. The van der Waals surface area contributed by atoms with E-state index in [4.69, 9.17) is 0 Å². The number of hydrogen-bond donors (Lipinski definition) is 2. The van der Waals surface area contributed by atoms with Crippen LogP contribution in [-0.2, 0) is 6.54 Å². The van der Waals surface area contributed by atoms with Crippen molar-refractivity contribution in [3.8, 4) is 5.75 Å². The van der Waals surface area contributed by atoms with Gasteiger partial charge < -0.3 is 10.4 Å². The van der Waals surface area contributed by atoms with Gasteiger partial charge in [0.05, 0.1) is 0 Å². The summed E-state index contributed by atoms with van der Waals surface area (Å²) in [5.41, 5.74) is 2.32. The van der Waals surface area contributed by atoms with Gasteiger partial charge >= 0.3 is 0 Å². The van der Waals surface area contributed by atoms with Gasteiger partial charge in [0.25, 0.3) is 0 Å². The van der Waals surface area contributed by atoms with Crippen molar-refractivity contribution in [3.63, 3.8) is 0 Å². The van der Waals surface area contributed by atoms with E-state index in [-0.39, 0.29) is 17.9 Å². The number of halogens is 3. The molecule has 0 saturated heterocycles. The third kappa shape index (κ3) is 2.71. The van der Waals surface area contributed by atoms with Crippen molar-refractivity contribution >= 4 is 5.69 Å². The Labute approximate surface area is 114 Å². The largest absolute Gasteiger partial charge is 0.507 e. The minimum Gasteiger partial charge on any atom is -0.507 e. The molecule has 5 heteroatoms. The fourth-order valence-electron chi connectivity index (χ4n) is 1.93. The highest BCUT2D eigenvalue weighted by Gasteiger charge is 2.11. The Morgan fingerprint density at radius 2 is 1.65 bits per heavy atom. The molecule has 0 spiro atoms. The molecule has 2 nitrogen and oxygen atoms in total. The quantitative estimate of drug-likeness (QED) is 0.832. The Hall–Kier alpha value is -2.17. The van der Waals surface area contributed by atoms with Crippen LogP contribution in [0, 0.1) is 31.3 Å². The van der Waals surface area contributed by atoms with E-state index in [2.05, 4.69) is 5.32 Å². The second-order valence-corrected chi connectivity index (χ2v) is 4.63. The molecule has 0 aliphatic carbocycles. The summed E-state index contributed by atoms with van der Waals surface area (Å²) in [7, 11) is 0. The number of anilines is 1. The van der Waals surface area contributed by atoms with Crippen molar-refractivity contribution in [1.82, 2.24) is 0 Å². The van der Waals surface area contributed by atoms with Gasteiger partial charge in [0.15, 0.2) is 17.5 Å². The smallest absolute Gasteiger partial charge is 0.194 e. The molecule has 0 aliphatic rings. The molecule has 0 fully saturated rings. The van der Waals surface area contributed by atoms with E-state index in [1.807, 2.05) is 0 Å². The Bertz CT molecular complexity index is 633. The predicted molar refractivity (Wildman–Crippen MR) is 71.2 cm³/mol. The third-order valence-electron chi connectivity index (χ3n) is 3.16. The minimum atomic E-state index is -1.47. The SMILES string of the molecule is Cc1ccc(NCc2cc(F)c(F)c(F)c2)c(C)c1O. The summed E-state index contributed by atoms with van der Waals surface area (Å²) in [4.78, 5) is 0. The molecule has 0 bridgehead atoms. The monoisotopic (exact) mass is 281 g/mol. The molecule has 0 saturated carbocycles. The Kier molecular flexibility index (Phi) is 3.88. The van der Waals surface area contributed by atoms with E-state index in [0.717, 1.165) is 17.7 Å². The average Bonchev–Trinajstić information content (AvgIpc) is 2.41. The summed E-state index contributed by atoms with van der Waals surface area (Å²) in [6, 6.07) is 5.38. The van der Waals surface area contributed by atoms with E-state index in [1.54, 1.807) is 26.0 Å². The van der Waals surface area contributed by atoms with Gasteiger partial charge in [0.1, 0.15) is 5.75 Å². The fraction of sp³-hybridized carbons (Fsp3) is 0.200. The number of phenolic OH excluding ortho intramolecular Hbond substituents is 1. The van der Waals surface area contributed by atoms with Gasteiger partial charge in [-0.3, -0.25) is 0 Å². The molecular formula is C15H14F3NO. The first-order chi connectivity index (χ1) is 9.40. The standard InChI is InChI=1S/C15H14F3NO/c1-8-3-4-13(9(2)15(8)20)19-7-10-5-11(16)14(18)12(17)6-10/h3-6,19-20H,7H2,1-2H3. The zero-order valence-corrected chi connectivity index (χ0v) is 11.1. The first-order valence-electron chi connectivity index (χ1n) is 6.06. The number of nitrogens with one attached hydrogen (secondary N) is 1. The Morgan fingerprint density at radius 3 is 2.25 bits per heavy atom. The van der Waals surface area contributed by atoms with Crippen LogP contribution in [0.3, 0.4) is 0 Å². The second-order valence-electron chi connectivity index (χ2n) is 4.63. The molecule has 106 valence electrons. The third-order valence-corrected chi connectivity index (χ3v) is 3.16. The lowest BCUT2D eigenvalue weighted by molar-refractivity contribution is 0.445. The highest BCUT2D eigenvalue weighted by molar-refractivity contribution is 5.59. The summed E-state index contributed by atoms with van der Waals surface area (Å²) in [5.74, 6) is -3.74. The van der Waals surface area contributed by atoms with E-state index in [0.29, 0.717) is 11.3 Å². The van der Waals surface area contributed by atoms with Crippen LogP contribution in [0.25, 0.3) is 0 Å². The minimum absolute atomic E-state index is 0.122. The Balaban J connectivity index is 2.19. The molecular weight excluding hydrogens is 267 g/mol. The van der Waals surface area contributed by atoms with Crippen molar-refractivity contribution in [3.05, 3.63) is 58.4 Å².